The number of sulfone groups is 1. The lowest BCUT2D eigenvalue weighted by atomic mass is 9.85. The Kier molecular flexibility index (Phi) is 5.60. The van der Waals surface area contributed by atoms with Crippen LogP contribution in [0.4, 0.5) is 0 Å². The van der Waals surface area contributed by atoms with Crippen molar-refractivity contribution in [1.29, 1.82) is 0 Å². The zero-order chi connectivity index (χ0) is 19.7. The van der Waals surface area contributed by atoms with Gasteiger partial charge in [0.05, 0.1) is 10.6 Å². The molecule has 148 valence electrons. The van der Waals surface area contributed by atoms with Crippen LogP contribution in [-0.2, 0) is 19.5 Å². The normalized spacial score (nSPS) is 19.3. The van der Waals surface area contributed by atoms with Crippen LogP contribution in [0.3, 0.4) is 0 Å². The molecule has 0 aliphatic carbocycles. The van der Waals surface area contributed by atoms with Gasteiger partial charge in [-0.2, -0.15) is 0 Å². The van der Waals surface area contributed by atoms with Crippen molar-refractivity contribution in [2.75, 3.05) is 19.3 Å². The van der Waals surface area contributed by atoms with Gasteiger partial charge in [-0.25, -0.2) is 8.42 Å². The van der Waals surface area contributed by atoms with E-state index < -0.39 is 9.84 Å². The monoisotopic (exact) mass is 392 g/mol. The number of likely N-dealkylation sites (tertiary alicyclic amines) is 1. The number of oxime groups is 1. The minimum atomic E-state index is -3.20. The Bertz CT molecular complexity index is 820. The first-order chi connectivity index (χ1) is 12.7. The van der Waals surface area contributed by atoms with Crippen molar-refractivity contribution in [2.24, 2.45) is 11.1 Å². The second-order valence-corrected chi connectivity index (χ2v) is 10.1. The highest BCUT2D eigenvalue weighted by molar-refractivity contribution is 7.90. The van der Waals surface area contributed by atoms with Gasteiger partial charge in [0.15, 0.2) is 9.84 Å². The first-order valence-electron chi connectivity index (χ1n) is 9.52. The van der Waals surface area contributed by atoms with E-state index in [0.717, 1.165) is 30.5 Å². The summed E-state index contributed by atoms with van der Waals surface area (Å²) in [5.74, 6) is 0.766. The first kappa shape index (κ1) is 19.9. The minimum Gasteiger partial charge on any atom is -0.388 e. The number of piperidine rings is 1. The second-order valence-electron chi connectivity index (χ2n) is 8.10. The van der Waals surface area contributed by atoms with Gasteiger partial charge in [0.2, 0.25) is 5.91 Å². The molecule has 1 amide bonds. The van der Waals surface area contributed by atoms with Crippen LogP contribution in [0.1, 0.15) is 51.5 Å². The maximum absolute atomic E-state index is 12.3. The first-order valence-corrected chi connectivity index (χ1v) is 11.4. The van der Waals surface area contributed by atoms with Gasteiger partial charge < -0.3 is 9.74 Å². The molecule has 2 aliphatic heterocycles. The molecule has 0 aromatic heterocycles. The Morgan fingerprint density at radius 2 is 1.85 bits per heavy atom. The molecule has 0 atom stereocenters. The lowest BCUT2D eigenvalue weighted by Gasteiger charge is -2.37. The molecule has 7 heteroatoms. The van der Waals surface area contributed by atoms with E-state index in [4.69, 9.17) is 4.84 Å². The Labute approximate surface area is 161 Å². The van der Waals surface area contributed by atoms with E-state index in [1.165, 1.54) is 6.26 Å². The summed E-state index contributed by atoms with van der Waals surface area (Å²) in [6, 6.07) is 6.77. The molecular weight excluding hydrogens is 364 g/mol. The van der Waals surface area contributed by atoms with E-state index >= 15 is 0 Å². The summed E-state index contributed by atoms with van der Waals surface area (Å²) in [5, 5.41) is 4.27. The molecule has 1 fully saturated rings. The zero-order valence-electron chi connectivity index (χ0n) is 16.3. The number of rotatable bonds is 5. The fraction of sp³-hybridized carbons (Fsp3) is 0.600. The molecule has 1 aromatic rings. The zero-order valence-corrected chi connectivity index (χ0v) is 17.1. The summed E-state index contributed by atoms with van der Waals surface area (Å²) in [6.07, 6.45) is 4.97. The molecule has 2 heterocycles. The Balaban J connectivity index is 1.57. The average molecular weight is 393 g/mol. The van der Waals surface area contributed by atoms with Crippen LogP contribution in [0, 0.1) is 5.92 Å². The van der Waals surface area contributed by atoms with Crippen molar-refractivity contribution < 1.29 is 18.0 Å². The molecule has 1 aromatic carbocycles. The van der Waals surface area contributed by atoms with Crippen molar-refractivity contribution in [1.82, 2.24) is 4.90 Å². The minimum absolute atomic E-state index is 0.231. The van der Waals surface area contributed by atoms with Gasteiger partial charge in [0.1, 0.15) is 5.60 Å². The predicted molar refractivity (Wildman–Crippen MR) is 104 cm³/mol. The van der Waals surface area contributed by atoms with Crippen LogP contribution < -0.4 is 0 Å². The molecule has 0 N–H and O–H groups in total. The van der Waals surface area contributed by atoms with E-state index in [0.29, 0.717) is 36.7 Å². The number of nitrogens with zero attached hydrogens (tertiary/aromatic N) is 2. The maximum Gasteiger partial charge on any atom is 0.222 e. The summed E-state index contributed by atoms with van der Waals surface area (Å²) in [6.45, 7) is 5.66. The van der Waals surface area contributed by atoms with Crippen LogP contribution in [0.2, 0.25) is 0 Å². The maximum atomic E-state index is 12.3. The highest BCUT2D eigenvalue weighted by Crippen LogP contribution is 2.36. The van der Waals surface area contributed by atoms with E-state index in [1.807, 2.05) is 4.90 Å². The smallest absolute Gasteiger partial charge is 0.222 e. The number of amides is 1. The number of hydrogen-bond acceptors (Lipinski definition) is 5. The third-order valence-corrected chi connectivity index (χ3v) is 6.55. The SMILES string of the molecule is CC(C)CCC(=O)N1CCC2(CC1)CC(c1ccc(S(C)(=O)=O)cc1)=NO2. The molecule has 2 aliphatic rings. The standard InChI is InChI=1S/C20H28N2O4S/c1-15(2)4-9-19(23)22-12-10-20(11-13-22)14-18(21-26-20)16-5-7-17(8-6-16)27(3,24)25/h5-8,15H,4,9-14H2,1-3H3. The molecule has 0 radical (unpaired) electrons. The molecule has 1 spiro atoms. The molecule has 0 saturated carbocycles. The molecule has 1 saturated heterocycles. The Morgan fingerprint density at radius 1 is 1.22 bits per heavy atom. The summed E-state index contributed by atoms with van der Waals surface area (Å²) in [4.78, 5) is 20.4. The van der Waals surface area contributed by atoms with Crippen molar-refractivity contribution in [3.05, 3.63) is 29.8 Å². The summed E-state index contributed by atoms with van der Waals surface area (Å²) in [7, 11) is -3.20. The number of hydrogen-bond donors (Lipinski definition) is 0. The summed E-state index contributed by atoms with van der Waals surface area (Å²) in [5.41, 5.74) is 1.39. The summed E-state index contributed by atoms with van der Waals surface area (Å²) < 4.78 is 23.2. The quantitative estimate of drug-likeness (QED) is 0.772. The number of carbonyl (C=O) groups excluding carboxylic acids is 1. The lowest BCUT2D eigenvalue weighted by Crippen LogP contribution is -2.46. The Morgan fingerprint density at radius 3 is 2.41 bits per heavy atom. The number of benzene rings is 1. The van der Waals surface area contributed by atoms with Gasteiger partial charge in [-0.15, -0.1) is 0 Å². The van der Waals surface area contributed by atoms with Crippen LogP contribution in [-0.4, -0.2) is 49.9 Å². The lowest BCUT2D eigenvalue weighted by molar-refractivity contribution is -0.137. The molecular formula is C20H28N2O4S. The fourth-order valence-corrected chi connectivity index (χ4v) is 4.20. The summed E-state index contributed by atoms with van der Waals surface area (Å²) >= 11 is 0. The van der Waals surface area contributed by atoms with Gasteiger partial charge in [-0.3, -0.25) is 4.79 Å². The largest absolute Gasteiger partial charge is 0.388 e. The molecule has 6 nitrogen and oxygen atoms in total. The van der Waals surface area contributed by atoms with Gasteiger partial charge in [0, 0.05) is 45.0 Å². The van der Waals surface area contributed by atoms with Crippen LogP contribution >= 0.6 is 0 Å². The molecule has 3 rings (SSSR count). The highest BCUT2D eigenvalue weighted by Gasteiger charge is 2.43. The van der Waals surface area contributed by atoms with Crippen molar-refractivity contribution in [3.8, 4) is 0 Å². The third-order valence-electron chi connectivity index (χ3n) is 5.42. The van der Waals surface area contributed by atoms with Crippen LogP contribution in [0.15, 0.2) is 34.3 Å². The molecule has 0 bridgehead atoms. The van der Waals surface area contributed by atoms with E-state index in [-0.39, 0.29) is 11.5 Å². The van der Waals surface area contributed by atoms with Crippen molar-refractivity contribution in [3.63, 3.8) is 0 Å². The Hall–Kier alpha value is -1.89. The topological polar surface area (TPSA) is 76.0 Å². The van der Waals surface area contributed by atoms with Gasteiger partial charge in [-0.05, 0) is 30.0 Å². The van der Waals surface area contributed by atoms with Crippen LogP contribution in [0.25, 0.3) is 0 Å². The highest BCUT2D eigenvalue weighted by atomic mass is 32.2. The van der Waals surface area contributed by atoms with Crippen molar-refractivity contribution in [2.45, 2.75) is 56.4 Å². The average Bonchev–Trinajstić information content (AvgIpc) is 3.03. The van der Waals surface area contributed by atoms with Gasteiger partial charge >= 0.3 is 0 Å². The van der Waals surface area contributed by atoms with E-state index in [2.05, 4.69) is 19.0 Å². The van der Waals surface area contributed by atoms with Crippen LogP contribution in [0.5, 0.6) is 0 Å². The fourth-order valence-electron chi connectivity index (χ4n) is 3.57. The second kappa shape index (κ2) is 7.62. The van der Waals surface area contributed by atoms with Gasteiger partial charge in [-0.1, -0.05) is 31.1 Å². The van der Waals surface area contributed by atoms with E-state index in [9.17, 15) is 13.2 Å². The predicted octanol–water partition coefficient (Wildman–Crippen LogP) is 3.01. The van der Waals surface area contributed by atoms with Crippen molar-refractivity contribution >= 4 is 21.5 Å². The molecule has 0 unspecified atom stereocenters. The third kappa shape index (κ3) is 4.69. The number of carbonyl (C=O) groups is 1. The molecule has 27 heavy (non-hydrogen) atoms. The van der Waals surface area contributed by atoms with Gasteiger partial charge in [0.25, 0.3) is 0 Å². The van der Waals surface area contributed by atoms with E-state index in [1.54, 1.807) is 24.3 Å².